The van der Waals surface area contributed by atoms with Crippen molar-refractivity contribution >= 4 is 17.5 Å². The second-order valence-electron chi connectivity index (χ2n) is 7.17. The van der Waals surface area contributed by atoms with Crippen LogP contribution in [0.25, 0.3) is 0 Å². The van der Waals surface area contributed by atoms with Crippen LogP contribution in [0.3, 0.4) is 0 Å². The lowest BCUT2D eigenvalue weighted by atomic mass is 9.98. The van der Waals surface area contributed by atoms with Crippen LogP contribution in [0, 0.1) is 11.6 Å². The highest BCUT2D eigenvalue weighted by Gasteiger charge is 2.35. The van der Waals surface area contributed by atoms with Crippen LogP contribution in [0.15, 0.2) is 76.4 Å². The average Bonchev–Trinajstić information content (AvgIpc) is 3.44. The summed E-state index contributed by atoms with van der Waals surface area (Å²) < 4.78 is 32.9. The Hall–Kier alpha value is -3.81. The van der Waals surface area contributed by atoms with Gasteiger partial charge in [-0.2, -0.15) is 5.10 Å². The minimum Gasteiger partial charge on any atom is -0.459 e. The molecule has 0 saturated heterocycles. The number of nitrogens with zero attached hydrogens (tertiary/aromatic N) is 3. The maximum absolute atomic E-state index is 14.5. The van der Waals surface area contributed by atoms with Crippen LogP contribution in [-0.4, -0.2) is 41.0 Å². The molecular weight excluding hydrogens is 404 g/mol. The standard InChI is InChI=1S/C23H19F2N3O3/c1-27(23(30)21-7-4-12-31-21)14-22(29)28-20(17-5-2-3-6-18(17)25)13-19(26-28)15-8-10-16(24)11-9-15/h2-12,20H,13-14H2,1H3. The first-order valence-corrected chi connectivity index (χ1v) is 9.63. The predicted octanol–water partition coefficient (Wildman–Crippen LogP) is 4.01. The Bertz CT molecular complexity index is 1130. The zero-order valence-electron chi connectivity index (χ0n) is 16.7. The molecule has 0 radical (unpaired) electrons. The third kappa shape index (κ3) is 4.23. The number of benzene rings is 2. The zero-order chi connectivity index (χ0) is 22.0. The van der Waals surface area contributed by atoms with E-state index in [2.05, 4.69) is 5.10 Å². The van der Waals surface area contributed by atoms with Crippen LogP contribution in [-0.2, 0) is 4.79 Å². The first-order chi connectivity index (χ1) is 14.9. The molecule has 2 heterocycles. The summed E-state index contributed by atoms with van der Waals surface area (Å²) in [6, 6.07) is 14.3. The highest BCUT2D eigenvalue weighted by Crippen LogP contribution is 2.34. The lowest BCUT2D eigenvalue weighted by Gasteiger charge is -2.24. The summed E-state index contributed by atoms with van der Waals surface area (Å²) in [5.74, 6) is -1.67. The fraction of sp³-hybridized carbons (Fsp3) is 0.174. The summed E-state index contributed by atoms with van der Waals surface area (Å²) in [4.78, 5) is 26.7. The minimum absolute atomic E-state index is 0.109. The van der Waals surface area contributed by atoms with Crippen LogP contribution < -0.4 is 0 Å². The van der Waals surface area contributed by atoms with Crippen molar-refractivity contribution in [1.29, 1.82) is 0 Å². The molecule has 0 saturated carbocycles. The zero-order valence-corrected chi connectivity index (χ0v) is 16.7. The fourth-order valence-corrected chi connectivity index (χ4v) is 3.48. The summed E-state index contributed by atoms with van der Waals surface area (Å²) in [5, 5.41) is 5.61. The molecule has 1 aromatic heterocycles. The second kappa shape index (κ2) is 8.51. The van der Waals surface area contributed by atoms with Crippen molar-refractivity contribution in [3.63, 3.8) is 0 Å². The van der Waals surface area contributed by atoms with Crippen LogP contribution >= 0.6 is 0 Å². The molecule has 2 amide bonds. The van der Waals surface area contributed by atoms with Gasteiger partial charge in [0.05, 0.1) is 18.0 Å². The van der Waals surface area contributed by atoms with Gasteiger partial charge in [-0.25, -0.2) is 13.8 Å². The molecule has 4 rings (SSSR count). The van der Waals surface area contributed by atoms with Gasteiger partial charge in [-0.05, 0) is 35.9 Å². The Labute approximate surface area is 177 Å². The lowest BCUT2D eigenvalue weighted by Crippen LogP contribution is -2.39. The number of amides is 2. The average molecular weight is 423 g/mol. The van der Waals surface area contributed by atoms with Crippen LogP contribution in [0.4, 0.5) is 8.78 Å². The molecule has 0 fully saturated rings. The molecule has 1 atom stereocenters. The molecule has 0 N–H and O–H groups in total. The van der Waals surface area contributed by atoms with Crippen molar-refractivity contribution < 1.29 is 22.8 Å². The molecule has 1 aliphatic rings. The topological polar surface area (TPSA) is 66.1 Å². The van der Waals surface area contributed by atoms with Gasteiger partial charge in [0.1, 0.15) is 18.2 Å². The number of hydrazone groups is 1. The van der Waals surface area contributed by atoms with E-state index in [0.717, 1.165) is 0 Å². The summed E-state index contributed by atoms with van der Waals surface area (Å²) in [6.07, 6.45) is 1.63. The van der Waals surface area contributed by atoms with Gasteiger partial charge < -0.3 is 9.32 Å². The molecule has 2 aromatic carbocycles. The van der Waals surface area contributed by atoms with E-state index >= 15 is 0 Å². The van der Waals surface area contributed by atoms with E-state index in [9.17, 15) is 18.4 Å². The molecule has 0 spiro atoms. The Kier molecular flexibility index (Phi) is 5.62. The van der Waals surface area contributed by atoms with Gasteiger partial charge in [0, 0.05) is 19.0 Å². The molecular formula is C23H19F2N3O3. The highest BCUT2D eigenvalue weighted by atomic mass is 19.1. The van der Waals surface area contributed by atoms with Gasteiger partial charge in [-0.3, -0.25) is 9.59 Å². The number of carbonyl (C=O) groups excluding carboxylic acids is 2. The quantitative estimate of drug-likeness (QED) is 0.623. The number of hydrogen-bond donors (Lipinski definition) is 0. The van der Waals surface area contributed by atoms with E-state index in [1.54, 1.807) is 36.4 Å². The Morgan fingerprint density at radius 2 is 1.84 bits per heavy atom. The maximum Gasteiger partial charge on any atom is 0.289 e. The van der Waals surface area contributed by atoms with E-state index in [1.165, 1.54) is 47.5 Å². The number of hydrogen-bond acceptors (Lipinski definition) is 4. The second-order valence-corrected chi connectivity index (χ2v) is 7.17. The summed E-state index contributed by atoms with van der Waals surface area (Å²) >= 11 is 0. The Morgan fingerprint density at radius 3 is 2.52 bits per heavy atom. The molecule has 8 heteroatoms. The molecule has 0 aliphatic carbocycles. The van der Waals surface area contributed by atoms with E-state index in [-0.39, 0.29) is 24.5 Å². The summed E-state index contributed by atoms with van der Waals surface area (Å²) in [6.45, 7) is -0.273. The highest BCUT2D eigenvalue weighted by molar-refractivity contribution is 6.03. The van der Waals surface area contributed by atoms with Crippen molar-refractivity contribution in [2.45, 2.75) is 12.5 Å². The predicted molar refractivity (Wildman–Crippen MR) is 109 cm³/mol. The SMILES string of the molecule is CN(CC(=O)N1N=C(c2ccc(F)cc2)CC1c1ccccc1F)C(=O)c1ccco1. The van der Waals surface area contributed by atoms with E-state index in [1.807, 2.05) is 0 Å². The first-order valence-electron chi connectivity index (χ1n) is 9.63. The molecule has 31 heavy (non-hydrogen) atoms. The normalized spacial score (nSPS) is 15.6. The molecule has 1 aliphatic heterocycles. The maximum atomic E-state index is 14.5. The molecule has 1 unspecified atom stereocenters. The monoisotopic (exact) mass is 423 g/mol. The fourth-order valence-electron chi connectivity index (χ4n) is 3.48. The van der Waals surface area contributed by atoms with E-state index in [4.69, 9.17) is 4.42 Å². The summed E-state index contributed by atoms with van der Waals surface area (Å²) in [7, 11) is 1.47. The van der Waals surface area contributed by atoms with Gasteiger partial charge in [0.25, 0.3) is 11.8 Å². The van der Waals surface area contributed by atoms with Gasteiger partial charge in [0.2, 0.25) is 0 Å². The van der Waals surface area contributed by atoms with Crippen molar-refractivity contribution in [1.82, 2.24) is 9.91 Å². The number of halogens is 2. The smallest absolute Gasteiger partial charge is 0.289 e. The Morgan fingerprint density at radius 1 is 1.10 bits per heavy atom. The van der Waals surface area contributed by atoms with Gasteiger partial charge in [-0.1, -0.05) is 30.3 Å². The van der Waals surface area contributed by atoms with E-state index < -0.39 is 23.7 Å². The molecule has 3 aromatic rings. The van der Waals surface area contributed by atoms with Gasteiger partial charge in [-0.15, -0.1) is 0 Å². The minimum atomic E-state index is -0.680. The van der Waals surface area contributed by atoms with Crippen LogP contribution in [0.1, 0.15) is 34.1 Å². The Balaban J connectivity index is 1.61. The van der Waals surface area contributed by atoms with Crippen molar-refractivity contribution in [2.24, 2.45) is 5.10 Å². The van der Waals surface area contributed by atoms with Crippen LogP contribution in [0.2, 0.25) is 0 Å². The first kappa shape index (κ1) is 20.5. The largest absolute Gasteiger partial charge is 0.459 e. The molecule has 6 nitrogen and oxygen atoms in total. The number of rotatable bonds is 5. The molecule has 0 bridgehead atoms. The van der Waals surface area contributed by atoms with Crippen molar-refractivity contribution in [3.8, 4) is 0 Å². The lowest BCUT2D eigenvalue weighted by molar-refractivity contribution is -0.133. The third-order valence-electron chi connectivity index (χ3n) is 5.06. The third-order valence-corrected chi connectivity index (χ3v) is 5.06. The van der Waals surface area contributed by atoms with Crippen molar-refractivity contribution in [3.05, 3.63) is 95.4 Å². The molecule has 158 valence electrons. The van der Waals surface area contributed by atoms with Gasteiger partial charge >= 0.3 is 0 Å². The van der Waals surface area contributed by atoms with E-state index in [0.29, 0.717) is 16.8 Å². The van der Waals surface area contributed by atoms with Gasteiger partial charge in [0.15, 0.2) is 5.76 Å². The van der Waals surface area contributed by atoms with Crippen molar-refractivity contribution in [2.75, 3.05) is 13.6 Å². The number of furan rings is 1. The number of likely N-dealkylation sites (N-methyl/N-ethyl adjacent to an activating group) is 1. The van der Waals surface area contributed by atoms with Crippen LogP contribution in [0.5, 0.6) is 0 Å². The number of carbonyl (C=O) groups is 2. The summed E-state index contributed by atoms with van der Waals surface area (Å²) in [5.41, 5.74) is 1.48.